The Hall–Kier alpha value is -2.11. The van der Waals surface area contributed by atoms with Gasteiger partial charge in [-0.3, -0.25) is 15.5 Å². The fraction of sp³-hybridized carbons (Fsp3) is 0.222. The maximum absolute atomic E-state index is 10.5. The third-order valence-electron chi connectivity index (χ3n) is 1.76. The van der Waals surface area contributed by atoms with Crippen molar-refractivity contribution in [2.24, 2.45) is 5.73 Å². The number of hydrogen-bond acceptors (Lipinski definition) is 4. The Balaban J connectivity index is 3.20. The molecule has 0 amide bonds. The van der Waals surface area contributed by atoms with Gasteiger partial charge in [0, 0.05) is 12.1 Å². The van der Waals surface area contributed by atoms with Crippen molar-refractivity contribution in [3.05, 3.63) is 33.9 Å². The van der Waals surface area contributed by atoms with E-state index in [1.54, 1.807) is 6.92 Å². The third kappa shape index (κ3) is 2.43. The molecule has 0 bridgehead atoms. The topological polar surface area (TPSA) is 102 Å². The molecule has 0 saturated carbocycles. The Kier molecular flexibility index (Phi) is 3.22. The van der Waals surface area contributed by atoms with E-state index in [4.69, 9.17) is 15.9 Å². The standard InChI is InChI=1S/C9H11N3O3/c1-2-15-8-4-3-6(12(13)14)5-7(8)9(10)11/h3-5H,2H2,1H3,(H3,10,11). The Labute approximate surface area is 86.3 Å². The fourth-order valence-electron chi connectivity index (χ4n) is 1.12. The van der Waals surface area contributed by atoms with E-state index in [1.165, 1.54) is 18.2 Å². The summed E-state index contributed by atoms with van der Waals surface area (Å²) in [5.41, 5.74) is 5.43. The molecule has 0 spiro atoms. The van der Waals surface area contributed by atoms with Crippen LogP contribution in [0.15, 0.2) is 18.2 Å². The highest BCUT2D eigenvalue weighted by molar-refractivity contribution is 5.98. The Morgan fingerprint density at radius 1 is 1.67 bits per heavy atom. The van der Waals surface area contributed by atoms with Crippen LogP contribution in [-0.4, -0.2) is 17.4 Å². The van der Waals surface area contributed by atoms with Gasteiger partial charge in [-0.2, -0.15) is 0 Å². The maximum atomic E-state index is 10.5. The van der Waals surface area contributed by atoms with Crippen LogP contribution in [0, 0.1) is 15.5 Å². The number of nitrogens with zero attached hydrogens (tertiary/aromatic N) is 1. The number of ether oxygens (including phenoxy) is 1. The number of benzene rings is 1. The van der Waals surface area contributed by atoms with Gasteiger partial charge >= 0.3 is 0 Å². The van der Waals surface area contributed by atoms with E-state index in [-0.39, 0.29) is 17.1 Å². The molecule has 0 heterocycles. The minimum Gasteiger partial charge on any atom is -0.493 e. The summed E-state index contributed by atoms with van der Waals surface area (Å²) in [6.07, 6.45) is 0. The van der Waals surface area contributed by atoms with Crippen molar-refractivity contribution in [1.29, 1.82) is 5.41 Å². The van der Waals surface area contributed by atoms with E-state index in [1.807, 2.05) is 0 Å². The highest BCUT2D eigenvalue weighted by Crippen LogP contribution is 2.23. The monoisotopic (exact) mass is 209 g/mol. The Morgan fingerprint density at radius 2 is 2.33 bits per heavy atom. The van der Waals surface area contributed by atoms with Gasteiger partial charge in [0.15, 0.2) is 0 Å². The average molecular weight is 209 g/mol. The molecule has 6 heteroatoms. The first-order chi connectivity index (χ1) is 7.06. The molecule has 80 valence electrons. The number of nitro benzene ring substituents is 1. The molecular weight excluding hydrogens is 198 g/mol. The molecule has 0 aliphatic rings. The fourth-order valence-corrected chi connectivity index (χ4v) is 1.12. The molecule has 0 aliphatic carbocycles. The second-order valence-corrected chi connectivity index (χ2v) is 2.78. The van der Waals surface area contributed by atoms with Crippen LogP contribution < -0.4 is 10.5 Å². The number of hydrogen-bond donors (Lipinski definition) is 2. The highest BCUT2D eigenvalue weighted by atomic mass is 16.6. The number of rotatable bonds is 4. The molecular formula is C9H11N3O3. The van der Waals surface area contributed by atoms with E-state index in [2.05, 4.69) is 0 Å². The van der Waals surface area contributed by atoms with Gasteiger partial charge in [-0.05, 0) is 13.0 Å². The SMILES string of the molecule is CCOc1ccc([N+](=O)[O-])cc1C(=N)N. The number of non-ortho nitro benzene ring substituents is 1. The van der Waals surface area contributed by atoms with E-state index >= 15 is 0 Å². The van der Waals surface area contributed by atoms with Crippen molar-refractivity contribution in [2.45, 2.75) is 6.92 Å². The lowest BCUT2D eigenvalue weighted by molar-refractivity contribution is -0.384. The van der Waals surface area contributed by atoms with E-state index in [0.717, 1.165) is 0 Å². The summed E-state index contributed by atoms with van der Waals surface area (Å²) in [7, 11) is 0. The van der Waals surface area contributed by atoms with Gasteiger partial charge in [-0.25, -0.2) is 0 Å². The molecule has 1 rings (SSSR count). The van der Waals surface area contributed by atoms with Crippen LogP contribution in [-0.2, 0) is 0 Å². The number of nitrogens with one attached hydrogen (secondary N) is 1. The summed E-state index contributed by atoms with van der Waals surface area (Å²) in [6.45, 7) is 2.20. The van der Waals surface area contributed by atoms with E-state index in [9.17, 15) is 10.1 Å². The molecule has 0 atom stereocenters. The van der Waals surface area contributed by atoms with Crippen LogP contribution in [0.2, 0.25) is 0 Å². The lowest BCUT2D eigenvalue weighted by Gasteiger charge is -2.08. The van der Waals surface area contributed by atoms with Crippen molar-refractivity contribution in [2.75, 3.05) is 6.61 Å². The Morgan fingerprint density at radius 3 is 2.80 bits per heavy atom. The molecule has 1 aromatic carbocycles. The zero-order valence-corrected chi connectivity index (χ0v) is 8.19. The molecule has 0 fully saturated rings. The van der Waals surface area contributed by atoms with Crippen molar-refractivity contribution in [1.82, 2.24) is 0 Å². The van der Waals surface area contributed by atoms with Crippen LogP contribution in [0.1, 0.15) is 12.5 Å². The molecule has 0 saturated heterocycles. The molecule has 0 aromatic heterocycles. The van der Waals surface area contributed by atoms with Gasteiger partial charge in [0.2, 0.25) is 0 Å². The molecule has 0 unspecified atom stereocenters. The molecule has 6 nitrogen and oxygen atoms in total. The number of nitro groups is 1. The van der Waals surface area contributed by atoms with Crippen LogP contribution >= 0.6 is 0 Å². The van der Waals surface area contributed by atoms with Crippen molar-refractivity contribution >= 4 is 11.5 Å². The van der Waals surface area contributed by atoms with Crippen LogP contribution in [0.4, 0.5) is 5.69 Å². The van der Waals surface area contributed by atoms with E-state index in [0.29, 0.717) is 12.4 Å². The summed E-state index contributed by atoms with van der Waals surface area (Å²) >= 11 is 0. The van der Waals surface area contributed by atoms with Crippen molar-refractivity contribution in [3.63, 3.8) is 0 Å². The smallest absolute Gasteiger partial charge is 0.270 e. The third-order valence-corrected chi connectivity index (χ3v) is 1.76. The summed E-state index contributed by atoms with van der Waals surface area (Å²) < 4.78 is 5.19. The lowest BCUT2D eigenvalue weighted by Crippen LogP contribution is -2.13. The van der Waals surface area contributed by atoms with Gasteiger partial charge in [0.05, 0.1) is 17.1 Å². The minimum absolute atomic E-state index is 0.108. The quantitative estimate of drug-likeness (QED) is 0.337. The normalized spacial score (nSPS) is 9.67. The summed E-state index contributed by atoms with van der Waals surface area (Å²) in [6, 6.07) is 3.99. The molecule has 0 radical (unpaired) electrons. The van der Waals surface area contributed by atoms with Gasteiger partial charge in [0.25, 0.3) is 5.69 Å². The van der Waals surface area contributed by atoms with Crippen LogP contribution in [0.5, 0.6) is 5.75 Å². The molecule has 1 aromatic rings. The minimum atomic E-state index is -0.540. The maximum Gasteiger partial charge on any atom is 0.270 e. The van der Waals surface area contributed by atoms with Crippen molar-refractivity contribution in [3.8, 4) is 5.75 Å². The molecule has 3 N–H and O–H groups in total. The van der Waals surface area contributed by atoms with Gasteiger partial charge in [0.1, 0.15) is 11.6 Å². The first kappa shape index (κ1) is 11.0. The molecule has 15 heavy (non-hydrogen) atoms. The summed E-state index contributed by atoms with van der Waals surface area (Å²) in [5, 5.41) is 17.8. The van der Waals surface area contributed by atoms with Crippen LogP contribution in [0.25, 0.3) is 0 Å². The number of amidine groups is 1. The van der Waals surface area contributed by atoms with Gasteiger partial charge in [-0.1, -0.05) is 0 Å². The number of nitrogens with two attached hydrogens (primary N) is 1. The largest absolute Gasteiger partial charge is 0.493 e. The van der Waals surface area contributed by atoms with Crippen LogP contribution in [0.3, 0.4) is 0 Å². The second-order valence-electron chi connectivity index (χ2n) is 2.78. The predicted octanol–water partition coefficient (Wildman–Crippen LogP) is 1.28. The summed E-state index contributed by atoms with van der Waals surface area (Å²) in [5.74, 6) is 0.137. The lowest BCUT2D eigenvalue weighted by atomic mass is 10.1. The van der Waals surface area contributed by atoms with Gasteiger partial charge < -0.3 is 10.5 Å². The Bertz CT molecular complexity index is 404. The first-order valence-electron chi connectivity index (χ1n) is 4.32. The summed E-state index contributed by atoms with van der Waals surface area (Å²) in [4.78, 5) is 9.96. The van der Waals surface area contributed by atoms with E-state index < -0.39 is 4.92 Å². The zero-order chi connectivity index (χ0) is 11.4. The first-order valence-corrected chi connectivity index (χ1v) is 4.32. The average Bonchev–Trinajstić information content (AvgIpc) is 2.18. The highest BCUT2D eigenvalue weighted by Gasteiger charge is 2.13. The molecule has 0 aliphatic heterocycles. The zero-order valence-electron chi connectivity index (χ0n) is 8.19. The number of nitrogen functional groups attached to an aromatic ring is 1. The van der Waals surface area contributed by atoms with Gasteiger partial charge in [-0.15, -0.1) is 0 Å². The van der Waals surface area contributed by atoms with Crippen molar-refractivity contribution < 1.29 is 9.66 Å². The second kappa shape index (κ2) is 4.41. The predicted molar refractivity (Wildman–Crippen MR) is 55.3 cm³/mol.